The fourth-order valence-electron chi connectivity index (χ4n) is 2.41. The van der Waals surface area contributed by atoms with Gasteiger partial charge in [0.05, 0.1) is 5.02 Å². The highest BCUT2D eigenvalue weighted by molar-refractivity contribution is 7.21. The number of halogens is 3. The fraction of sp³-hybridized carbons (Fsp3) is 0.357. The molecule has 7 heteroatoms. The first-order chi connectivity index (χ1) is 9.65. The molecular weight excluding hydrogens is 351 g/mol. The van der Waals surface area contributed by atoms with Gasteiger partial charge in [-0.25, -0.2) is 0 Å². The smallest absolute Gasteiger partial charge is 0.262 e. The number of hydrogen-bond acceptors (Lipinski definition) is 3. The molecule has 1 aliphatic rings. The van der Waals surface area contributed by atoms with E-state index in [0.29, 0.717) is 27.5 Å². The van der Waals surface area contributed by atoms with Crippen molar-refractivity contribution in [2.75, 3.05) is 13.1 Å². The minimum Gasteiger partial charge on any atom is -0.350 e. The monoisotopic (exact) mass is 364 g/mol. The number of rotatable bonds is 3. The molecule has 1 aliphatic heterocycles. The zero-order chi connectivity index (χ0) is 14.1. The van der Waals surface area contributed by atoms with E-state index in [9.17, 15) is 4.79 Å². The van der Waals surface area contributed by atoms with Crippen LogP contribution < -0.4 is 10.6 Å². The van der Waals surface area contributed by atoms with Gasteiger partial charge in [0.1, 0.15) is 4.88 Å². The van der Waals surface area contributed by atoms with E-state index in [0.717, 1.165) is 23.1 Å². The van der Waals surface area contributed by atoms with E-state index >= 15 is 0 Å². The maximum absolute atomic E-state index is 12.2. The van der Waals surface area contributed by atoms with Crippen molar-refractivity contribution in [2.45, 2.75) is 18.9 Å². The summed E-state index contributed by atoms with van der Waals surface area (Å²) in [6.07, 6.45) is 2.28. The number of hydrogen-bond donors (Lipinski definition) is 2. The van der Waals surface area contributed by atoms with Crippen LogP contribution in [0.4, 0.5) is 0 Å². The second-order valence-electron chi connectivity index (χ2n) is 4.89. The van der Waals surface area contributed by atoms with Crippen molar-refractivity contribution in [3.8, 4) is 0 Å². The summed E-state index contributed by atoms with van der Waals surface area (Å²) in [5.41, 5.74) is 0. The third-order valence-electron chi connectivity index (χ3n) is 3.47. The first kappa shape index (κ1) is 16.8. The van der Waals surface area contributed by atoms with E-state index in [1.165, 1.54) is 17.8 Å². The first-order valence-corrected chi connectivity index (χ1v) is 8.11. The molecule has 2 heterocycles. The van der Waals surface area contributed by atoms with Gasteiger partial charge in [0.25, 0.3) is 5.91 Å². The summed E-state index contributed by atoms with van der Waals surface area (Å²) in [7, 11) is 0. The van der Waals surface area contributed by atoms with E-state index in [4.69, 9.17) is 23.2 Å². The summed E-state index contributed by atoms with van der Waals surface area (Å²) in [4.78, 5) is 12.8. The fourth-order valence-corrected chi connectivity index (χ4v) is 4.12. The van der Waals surface area contributed by atoms with Crippen LogP contribution in [0.25, 0.3) is 10.1 Å². The first-order valence-electron chi connectivity index (χ1n) is 6.54. The Labute approximate surface area is 143 Å². The number of carbonyl (C=O) groups is 1. The number of thiophene rings is 1. The highest BCUT2D eigenvalue weighted by Gasteiger charge is 2.19. The average Bonchev–Trinajstić information content (AvgIpc) is 3.04. The molecule has 3 nitrogen and oxygen atoms in total. The van der Waals surface area contributed by atoms with Gasteiger partial charge in [-0.15, -0.1) is 23.7 Å². The van der Waals surface area contributed by atoms with Crippen LogP contribution in [0.2, 0.25) is 10.0 Å². The second kappa shape index (κ2) is 7.16. The lowest BCUT2D eigenvalue weighted by Gasteiger charge is -2.10. The van der Waals surface area contributed by atoms with Gasteiger partial charge in [-0.1, -0.05) is 29.3 Å². The van der Waals surface area contributed by atoms with Crippen LogP contribution in [0.1, 0.15) is 22.5 Å². The largest absolute Gasteiger partial charge is 0.350 e. The summed E-state index contributed by atoms with van der Waals surface area (Å²) >= 11 is 13.6. The van der Waals surface area contributed by atoms with Crippen LogP contribution >= 0.6 is 46.9 Å². The van der Waals surface area contributed by atoms with Gasteiger partial charge in [-0.3, -0.25) is 4.79 Å². The molecule has 3 rings (SSSR count). The lowest BCUT2D eigenvalue weighted by Crippen LogP contribution is -2.36. The summed E-state index contributed by atoms with van der Waals surface area (Å²) in [5.74, 6) is -0.110. The summed E-state index contributed by atoms with van der Waals surface area (Å²) in [5, 5.41) is 8.34. The Kier molecular flexibility index (Phi) is 5.74. The molecule has 1 saturated heterocycles. The van der Waals surface area contributed by atoms with Crippen molar-refractivity contribution < 1.29 is 4.79 Å². The maximum atomic E-state index is 12.2. The SMILES string of the molecule is Cl.O=C(NCC1CCCN1)c1sc2cc(Cl)ccc2c1Cl. The highest BCUT2D eigenvalue weighted by atomic mass is 35.5. The van der Waals surface area contributed by atoms with E-state index in [2.05, 4.69) is 10.6 Å². The van der Waals surface area contributed by atoms with Gasteiger partial charge in [-0.2, -0.15) is 0 Å². The third-order valence-corrected chi connectivity index (χ3v) is 5.36. The Balaban J connectivity index is 0.00000161. The van der Waals surface area contributed by atoms with Gasteiger partial charge in [0.15, 0.2) is 0 Å². The number of fused-ring (bicyclic) bond motifs is 1. The second-order valence-corrected chi connectivity index (χ2v) is 6.76. The van der Waals surface area contributed by atoms with Crippen LogP contribution in [0.15, 0.2) is 18.2 Å². The molecule has 1 unspecified atom stereocenters. The molecule has 1 amide bonds. The van der Waals surface area contributed by atoms with E-state index in [-0.39, 0.29) is 18.3 Å². The third kappa shape index (κ3) is 3.63. The zero-order valence-corrected chi connectivity index (χ0v) is 14.3. The number of amides is 1. The lowest BCUT2D eigenvalue weighted by atomic mass is 10.2. The van der Waals surface area contributed by atoms with Crippen LogP contribution in [0.5, 0.6) is 0 Å². The van der Waals surface area contributed by atoms with Gasteiger partial charge in [0, 0.05) is 27.7 Å². The van der Waals surface area contributed by atoms with Crippen LogP contribution in [0.3, 0.4) is 0 Å². The topological polar surface area (TPSA) is 41.1 Å². The molecular formula is C14H15Cl3N2OS. The summed E-state index contributed by atoms with van der Waals surface area (Å²) in [6, 6.07) is 5.85. The van der Waals surface area contributed by atoms with Crippen LogP contribution in [-0.4, -0.2) is 25.0 Å². The normalized spacial score (nSPS) is 17.7. The summed E-state index contributed by atoms with van der Waals surface area (Å²) in [6.45, 7) is 1.67. The van der Waals surface area contributed by atoms with E-state index in [1.807, 2.05) is 12.1 Å². The van der Waals surface area contributed by atoms with Gasteiger partial charge < -0.3 is 10.6 Å². The van der Waals surface area contributed by atoms with Crippen molar-refractivity contribution in [1.82, 2.24) is 10.6 Å². The molecule has 1 atom stereocenters. The van der Waals surface area contributed by atoms with E-state index < -0.39 is 0 Å². The molecule has 2 aromatic rings. The number of nitrogens with one attached hydrogen (secondary N) is 2. The zero-order valence-electron chi connectivity index (χ0n) is 11.1. The van der Waals surface area contributed by atoms with Gasteiger partial charge >= 0.3 is 0 Å². The molecule has 1 aromatic carbocycles. The van der Waals surface area contributed by atoms with Crippen molar-refractivity contribution in [3.63, 3.8) is 0 Å². The molecule has 0 saturated carbocycles. The predicted molar refractivity (Wildman–Crippen MR) is 92.5 cm³/mol. The average molecular weight is 366 g/mol. The van der Waals surface area contributed by atoms with Crippen LogP contribution in [-0.2, 0) is 0 Å². The van der Waals surface area contributed by atoms with Gasteiger partial charge in [0.2, 0.25) is 0 Å². The minimum absolute atomic E-state index is 0. The molecule has 1 aromatic heterocycles. The molecule has 0 aliphatic carbocycles. The molecule has 0 bridgehead atoms. The molecule has 21 heavy (non-hydrogen) atoms. The highest BCUT2D eigenvalue weighted by Crippen LogP contribution is 2.36. The Morgan fingerprint density at radius 3 is 2.95 bits per heavy atom. The molecule has 1 fully saturated rings. The predicted octanol–water partition coefficient (Wildman–Crippen LogP) is 4.11. The van der Waals surface area contributed by atoms with Crippen LogP contribution in [0, 0.1) is 0 Å². The quantitative estimate of drug-likeness (QED) is 0.859. The number of benzene rings is 1. The van der Waals surface area contributed by atoms with Crippen molar-refractivity contribution in [3.05, 3.63) is 33.1 Å². The minimum atomic E-state index is -0.110. The molecule has 114 valence electrons. The Morgan fingerprint density at radius 2 is 2.24 bits per heavy atom. The summed E-state index contributed by atoms with van der Waals surface area (Å²) < 4.78 is 0.937. The molecule has 0 radical (unpaired) electrons. The van der Waals surface area contributed by atoms with Crippen molar-refractivity contribution >= 4 is 62.9 Å². The molecule has 0 spiro atoms. The molecule has 2 N–H and O–H groups in total. The van der Waals surface area contributed by atoms with E-state index in [1.54, 1.807) is 6.07 Å². The Morgan fingerprint density at radius 1 is 1.43 bits per heavy atom. The Bertz CT molecular complexity index is 653. The Hall–Kier alpha value is -0.520. The van der Waals surface area contributed by atoms with Crippen molar-refractivity contribution in [2.24, 2.45) is 0 Å². The maximum Gasteiger partial charge on any atom is 0.262 e. The van der Waals surface area contributed by atoms with Crippen molar-refractivity contribution in [1.29, 1.82) is 0 Å². The standard InChI is InChI=1S/C14H14Cl2N2OS.ClH/c15-8-3-4-10-11(6-8)20-13(12(10)16)14(19)18-7-9-2-1-5-17-9;/h3-4,6,9,17H,1-2,5,7H2,(H,18,19);1H. The van der Waals surface area contributed by atoms with Gasteiger partial charge in [-0.05, 0) is 31.5 Å². The number of carbonyl (C=O) groups excluding carboxylic acids is 1. The lowest BCUT2D eigenvalue weighted by molar-refractivity contribution is 0.0954.